The van der Waals surface area contributed by atoms with Crippen molar-refractivity contribution in [2.75, 3.05) is 6.61 Å². The van der Waals surface area contributed by atoms with Crippen LogP contribution in [0.25, 0.3) is 23.0 Å². The van der Waals surface area contributed by atoms with Gasteiger partial charge in [-0.05, 0) is 35.9 Å². The molecule has 0 bridgehead atoms. The molecular weight excluding hydrogens is 390 g/mol. The molecule has 0 aliphatic rings. The lowest BCUT2D eigenvalue weighted by molar-refractivity contribution is -0.136. The molecule has 152 valence electrons. The second-order valence-corrected chi connectivity index (χ2v) is 6.72. The summed E-state index contributed by atoms with van der Waals surface area (Å²) >= 11 is 0. The van der Waals surface area contributed by atoms with E-state index in [-0.39, 0.29) is 12.4 Å². The van der Waals surface area contributed by atoms with Crippen molar-refractivity contribution in [3.63, 3.8) is 0 Å². The van der Waals surface area contributed by atoms with Crippen LogP contribution < -0.4 is 0 Å². The highest BCUT2D eigenvalue weighted by molar-refractivity contribution is 5.99. The molecule has 0 radical (unpaired) electrons. The van der Waals surface area contributed by atoms with Gasteiger partial charge < -0.3 is 4.74 Å². The van der Waals surface area contributed by atoms with Crippen LogP contribution >= 0.6 is 0 Å². The highest BCUT2D eigenvalue weighted by Crippen LogP contribution is 2.21. The number of carbonyl (C=O) groups is 2. The van der Waals surface area contributed by atoms with Crippen molar-refractivity contribution in [2.24, 2.45) is 0 Å². The highest BCUT2D eigenvalue weighted by atomic mass is 16.5. The molecule has 3 aromatic carbocycles. The molecule has 6 heteroatoms. The number of hydrogen-bond acceptors (Lipinski definition) is 5. The maximum absolute atomic E-state index is 12.4. The van der Waals surface area contributed by atoms with E-state index in [4.69, 9.17) is 4.74 Å². The molecule has 0 N–H and O–H groups in total. The molecule has 4 aromatic rings. The van der Waals surface area contributed by atoms with E-state index in [0.717, 1.165) is 22.5 Å². The van der Waals surface area contributed by atoms with Crippen LogP contribution in [0.1, 0.15) is 15.9 Å². The molecule has 0 spiro atoms. The first-order chi connectivity index (χ1) is 15.2. The second-order valence-electron chi connectivity index (χ2n) is 6.72. The lowest BCUT2D eigenvalue weighted by Gasteiger charge is -2.07. The number of nitrogens with zero attached hydrogens (tertiary/aromatic N) is 3. The van der Waals surface area contributed by atoms with Gasteiger partial charge in [0.15, 0.2) is 12.4 Å². The quantitative estimate of drug-likeness (QED) is 0.257. The third kappa shape index (κ3) is 5.00. The number of ketones is 1. The zero-order chi connectivity index (χ0) is 21.5. The first kappa shape index (κ1) is 20.0. The van der Waals surface area contributed by atoms with E-state index in [1.165, 1.54) is 6.08 Å². The Morgan fingerprint density at radius 1 is 0.871 bits per heavy atom. The summed E-state index contributed by atoms with van der Waals surface area (Å²) in [7, 11) is 0. The van der Waals surface area contributed by atoms with Gasteiger partial charge in [-0.2, -0.15) is 0 Å². The third-order valence-corrected chi connectivity index (χ3v) is 4.61. The number of benzene rings is 3. The lowest BCUT2D eigenvalue weighted by Crippen LogP contribution is -2.12. The summed E-state index contributed by atoms with van der Waals surface area (Å²) in [5.41, 5.74) is 3.94. The van der Waals surface area contributed by atoms with Crippen molar-refractivity contribution in [3.05, 3.63) is 108 Å². The molecule has 0 atom stereocenters. The minimum atomic E-state index is -0.566. The summed E-state index contributed by atoms with van der Waals surface area (Å²) in [6.45, 7) is -0.324. The molecule has 0 amide bonds. The standard InChI is InChI=1S/C25H19N3O3/c29-24(18-31-25(30)16-11-19-7-3-1-4-8-19)21-12-14-22(15-13-21)28-23(17-26-27-28)20-9-5-2-6-10-20/h1-17H,18H2. The Balaban J connectivity index is 1.39. The van der Waals surface area contributed by atoms with Gasteiger partial charge in [-0.25, -0.2) is 9.48 Å². The van der Waals surface area contributed by atoms with Gasteiger partial charge in [-0.1, -0.05) is 65.9 Å². The molecule has 0 fully saturated rings. The number of esters is 1. The van der Waals surface area contributed by atoms with Gasteiger partial charge in [0.25, 0.3) is 0 Å². The van der Waals surface area contributed by atoms with E-state index >= 15 is 0 Å². The molecule has 0 saturated heterocycles. The Hall–Kier alpha value is -4.32. The fraction of sp³-hybridized carbons (Fsp3) is 0.0400. The van der Waals surface area contributed by atoms with Crippen molar-refractivity contribution in [2.45, 2.75) is 0 Å². The molecule has 0 saturated carbocycles. The normalized spacial score (nSPS) is 10.8. The van der Waals surface area contributed by atoms with Crippen molar-refractivity contribution < 1.29 is 14.3 Å². The van der Waals surface area contributed by atoms with Crippen molar-refractivity contribution >= 4 is 17.8 Å². The maximum Gasteiger partial charge on any atom is 0.331 e. The Kier molecular flexibility index (Phi) is 6.09. The Labute approximate surface area is 179 Å². The van der Waals surface area contributed by atoms with Crippen LogP contribution in [0, 0.1) is 0 Å². The second kappa shape index (κ2) is 9.45. The maximum atomic E-state index is 12.4. The molecule has 0 aliphatic heterocycles. The Morgan fingerprint density at radius 3 is 2.26 bits per heavy atom. The Bertz CT molecular complexity index is 1200. The number of Topliss-reactive ketones (excluding diaryl/α,β-unsaturated/α-hetero) is 1. The number of hydrogen-bond donors (Lipinski definition) is 0. The summed E-state index contributed by atoms with van der Waals surface area (Å²) in [5, 5.41) is 8.15. The smallest absolute Gasteiger partial charge is 0.331 e. The van der Waals surface area contributed by atoms with Gasteiger partial charge in [0, 0.05) is 17.2 Å². The van der Waals surface area contributed by atoms with E-state index in [2.05, 4.69) is 10.3 Å². The first-order valence-corrected chi connectivity index (χ1v) is 9.70. The SMILES string of the molecule is O=C(C=Cc1ccccc1)OCC(=O)c1ccc(-n2nncc2-c2ccccc2)cc1. The number of aromatic nitrogens is 3. The fourth-order valence-corrected chi connectivity index (χ4v) is 3.02. The van der Waals surface area contributed by atoms with E-state index in [1.807, 2.05) is 60.7 Å². The summed E-state index contributed by atoms with van der Waals surface area (Å²) in [6, 6.07) is 26.1. The van der Waals surface area contributed by atoms with Crippen molar-refractivity contribution in [1.82, 2.24) is 15.0 Å². The van der Waals surface area contributed by atoms with E-state index < -0.39 is 5.97 Å². The van der Waals surface area contributed by atoms with Gasteiger partial charge in [0.1, 0.15) is 0 Å². The molecule has 0 unspecified atom stereocenters. The van der Waals surface area contributed by atoms with Crippen LogP contribution in [-0.4, -0.2) is 33.4 Å². The predicted octanol–water partition coefficient (Wildman–Crippen LogP) is 4.37. The van der Waals surface area contributed by atoms with Crippen LogP contribution in [0.4, 0.5) is 0 Å². The van der Waals surface area contributed by atoms with Crippen LogP contribution in [0.2, 0.25) is 0 Å². The zero-order valence-electron chi connectivity index (χ0n) is 16.6. The topological polar surface area (TPSA) is 74.1 Å². The molecule has 0 aliphatic carbocycles. The average Bonchev–Trinajstić information content (AvgIpc) is 3.32. The molecule has 31 heavy (non-hydrogen) atoms. The lowest BCUT2D eigenvalue weighted by atomic mass is 10.1. The molecule has 4 rings (SSSR count). The Morgan fingerprint density at radius 2 is 1.55 bits per heavy atom. The molecule has 1 heterocycles. The average molecular weight is 409 g/mol. The number of ether oxygens (including phenoxy) is 1. The number of rotatable bonds is 7. The highest BCUT2D eigenvalue weighted by Gasteiger charge is 2.11. The van der Waals surface area contributed by atoms with Gasteiger partial charge in [-0.15, -0.1) is 5.10 Å². The fourth-order valence-electron chi connectivity index (χ4n) is 3.02. The minimum absolute atomic E-state index is 0.283. The van der Waals surface area contributed by atoms with Gasteiger partial charge in [0.2, 0.25) is 0 Å². The molecule has 6 nitrogen and oxygen atoms in total. The van der Waals surface area contributed by atoms with Gasteiger partial charge >= 0.3 is 5.97 Å². The monoisotopic (exact) mass is 409 g/mol. The van der Waals surface area contributed by atoms with Gasteiger partial charge in [-0.3, -0.25) is 4.79 Å². The van der Waals surface area contributed by atoms with E-state index in [9.17, 15) is 9.59 Å². The summed E-state index contributed by atoms with van der Waals surface area (Å²) < 4.78 is 6.76. The zero-order valence-corrected chi connectivity index (χ0v) is 16.6. The van der Waals surface area contributed by atoms with Crippen LogP contribution in [0.5, 0.6) is 0 Å². The van der Waals surface area contributed by atoms with Crippen molar-refractivity contribution in [3.8, 4) is 16.9 Å². The third-order valence-electron chi connectivity index (χ3n) is 4.61. The molecule has 1 aromatic heterocycles. The summed E-state index contributed by atoms with van der Waals surface area (Å²) in [5.74, 6) is -0.848. The first-order valence-electron chi connectivity index (χ1n) is 9.70. The van der Waals surface area contributed by atoms with Crippen LogP contribution in [-0.2, 0) is 9.53 Å². The molecular formula is C25H19N3O3. The summed E-state index contributed by atoms with van der Waals surface area (Å²) in [6.07, 6.45) is 4.64. The van der Waals surface area contributed by atoms with Crippen LogP contribution in [0.15, 0.2) is 97.2 Å². The summed E-state index contributed by atoms with van der Waals surface area (Å²) in [4.78, 5) is 24.2. The van der Waals surface area contributed by atoms with Crippen molar-refractivity contribution in [1.29, 1.82) is 0 Å². The number of carbonyl (C=O) groups excluding carboxylic acids is 2. The van der Waals surface area contributed by atoms with E-state index in [1.54, 1.807) is 41.2 Å². The minimum Gasteiger partial charge on any atom is -0.454 e. The van der Waals surface area contributed by atoms with E-state index in [0.29, 0.717) is 5.56 Å². The van der Waals surface area contributed by atoms with Gasteiger partial charge in [0.05, 0.1) is 17.6 Å². The predicted molar refractivity (Wildman–Crippen MR) is 118 cm³/mol. The largest absolute Gasteiger partial charge is 0.454 e. The van der Waals surface area contributed by atoms with Crippen LogP contribution in [0.3, 0.4) is 0 Å².